The molecule has 0 spiro atoms. The lowest BCUT2D eigenvalue weighted by atomic mass is 10.1. The number of anilines is 1. The average molecular weight is 446 g/mol. The molecule has 7 nitrogen and oxygen atoms in total. The Labute approximate surface area is 190 Å². The lowest BCUT2D eigenvalue weighted by Crippen LogP contribution is -2.26. The minimum Gasteiger partial charge on any atom is -0.325 e. The zero-order valence-electron chi connectivity index (χ0n) is 17.9. The summed E-state index contributed by atoms with van der Waals surface area (Å²) in [5.74, 6) is -0.0422. The first-order valence-electron chi connectivity index (χ1n) is 10.3. The molecular weight excluding hydrogens is 422 g/mol. The molecule has 2 aromatic heterocycles. The van der Waals surface area contributed by atoms with Gasteiger partial charge in [-0.15, -0.1) is 0 Å². The van der Waals surface area contributed by atoms with Crippen molar-refractivity contribution in [3.63, 3.8) is 0 Å². The van der Waals surface area contributed by atoms with Crippen LogP contribution in [0.1, 0.15) is 16.7 Å². The van der Waals surface area contributed by atoms with Crippen LogP contribution in [0.15, 0.2) is 70.9 Å². The first kappa shape index (κ1) is 21.7. The summed E-state index contributed by atoms with van der Waals surface area (Å²) in [4.78, 5) is 38.5. The molecule has 32 heavy (non-hydrogen) atoms. The van der Waals surface area contributed by atoms with Crippen molar-refractivity contribution in [1.29, 1.82) is 0 Å². The van der Waals surface area contributed by atoms with Gasteiger partial charge in [0, 0.05) is 24.6 Å². The number of aryl methyl sites for hydroxylation is 3. The lowest BCUT2D eigenvalue weighted by molar-refractivity contribution is -0.113. The van der Waals surface area contributed by atoms with Crippen LogP contribution in [0.3, 0.4) is 0 Å². The number of hydrogen-bond acceptors (Lipinski definition) is 6. The summed E-state index contributed by atoms with van der Waals surface area (Å²) in [7, 11) is 0. The fraction of sp³-hybridized carbons (Fsp3) is 0.208. The monoisotopic (exact) mass is 445 g/mol. The van der Waals surface area contributed by atoms with Gasteiger partial charge in [0.15, 0.2) is 16.3 Å². The second-order valence-corrected chi connectivity index (χ2v) is 8.47. The molecule has 4 rings (SSSR count). The molecule has 0 aliphatic rings. The minimum atomic E-state index is -0.253. The molecule has 0 unspecified atom stereocenters. The fourth-order valence-corrected chi connectivity index (χ4v) is 4.31. The van der Waals surface area contributed by atoms with Crippen molar-refractivity contribution in [3.05, 3.63) is 88.0 Å². The van der Waals surface area contributed by atoms with E-state index < -0.39 is 0 Å². The fourth-order valence-electron chi connectivity index (χ4n) is 3.50. The van der Waals surface area contributed by atoms with Crippen LogP contribution >= 0.6 is 11.8 Å². The van der Waals surface area contributed by atoms with Gasteiger partial charge in [-0.25, -0.2) is 15.0 Å². The number of aromatic nitrogens is 4. The molecule has 162 valence electrons. The normalized spacial score (nSPS) is 10.9. The molecule has 2 aromatic carbocycles. The van der Waals surface area contributed by atoms with Gasteiger partial charge in [-0.1, -0.05) is 48.2 Å². The summed E-state index contributed by atoms with van der Waals surface area (Å²) in [6.45, 7) is 4.41. The third-order valence-electron chi connectivity index (χ3n) is 4.86. The number of carbonyl (C=O) groups excluding carboxylic acids is 1. The summed E-state index contributed by atoms with van der Waals surface area (Å²) in [5.41, 5.74) is 4.29. The number of hydrogen-bond donors (Lipinski definition) is 1. The number of nitrogens with zero attached hydrogens (tertiary/aromatic N) is 4. The SMILES string of the molecule is Cc1cc(C)cc(NC(=O)CSc2nc3nccnc3c(=O)n2CCc2ccccc2)c1. The Hall–Kier alpha value is -3.52. The van der Waals surface area contributed by atoms with Crippen LogP contribution in [-0.2, 0) is 17.8 Å². The molecule has 0 fully saturated rings. The van der Waals surface area contributed by atoms with E-state index in [4.69, 9.17) is 0 Å². The van der Waals surface area contributed by atoms with Gasteiger partial charge in [-0.3, -0.25) is 14.2 Å². The molecule has 1 N–H and O–H groups in total. The maximum atomic E-state index is 13.1. The predicted octanol–water partition coefficient (Wildman–Crippen LogP) is 3.78. The Morgan fingerprint density at radius 3 is 2.50 bits per heavy atom. The molecule has 0 aliphatic heterocycles. The smallest absolute Gasteiger partial charge is 0.282 e. The summed E-state index contributed by atoms with van der Waals surface area (Å²) < 4.78 is 1.58. The topological polar surface area (TPSA) is 89.8 Å². The zero-order valence-corrected chi connectivity index (χ0v) is 18.7. The number of benzene rings is 2. The van der Waals surface area contributed by atoms with Gasteiger partial charge < -0.3 is 5.32 Å². The van der Waals surface area contributed by atoms with E-state index in [1.54, 1.807) is 4.57 Å². The van der Waals surface area contributed by atoms with Crippen LogP contribution in [0.5, 0.6) is 0 Å². The van der Waals surface area contributed by atoms with E-state index in [0.29, 0.717) is 18.1 Å². The maximum Gasteiger partial charge on any atom is 0.282 e. The van der Waals surface area contributed by atoms with Crippen LogP contribution in [0, 0.1) is 13.8 Å². The van der Waals surface area contributed by atoms with Gasteiger partial charge >= 0.3 is 0 Å². The highest BCUT2D eigenvalue weighted by Gasteiger charge is 2.15. The second kappa shape index (κ2) is 9.74. The number of nitrogens with one attached hydrogen (secondary N) is 1. The molecule has 0 saturated carbocycles. The van der Waals surface area contributed by atoms with Gasteiger partial charge in [0.1, 0.15) is 0 Å². The lowest BCUT2D eigenvalue weighted by Gasteiger charge is -2.13. The highest BCUT2D eigenvalue weighted by Crippen LogP contribution is 2.19. The largest absolute Gasteiger partial charge is 0.325 e. The Morgan fingerprint density at radius 2 is 1.75 bits per heavy atom. The van der Waals surface area contributed by atoms with Crippen LogP contribution in [0.2, 0.25) is 0 Å². The summed E-state index contributed by atoms with van der Waals surface area (Å²) >= 11 is 1.22. The highest BCUT2D eigenvalue weighted by atomic mass is 32.2. The molecule has 0 bridgehead atoms. The second-order valence-electron chi connectivity index (χ2n) is 7.53. The van der Waals surface area contributed by atoms with Gasteiger partial charge in [0.05, 0.1) is 5.75 Å². The first-order valence-corrected chi connectivity index (χ1v) is 11.2. The first-order chi connectivity index (χ1) is 15.5. The van der Waals surface area contributed by atoms with Crippen LogP contribution < -0.4 is 10.9 Å². The van der Waals surface area contributed by atoms with Crippen molar-refractivity contribution in [2.75, 3.05) is 11.1 Å². The van der Waals surface area contributed by atoms with Crippen molar-refractivity contribution < 1.29 is 4.79 Å². The van der Waals surface area contributed by atoms with E-state index in [1.165, 1.54) is 24.2 Å². The average Bonchev–Trinajstić information content (AvgIpc) is 2.77. The number of thioether (sulfide) groups is 1. The van der Waals surface area contributed by atoms with Gasteiger partial charge in [0.2, 0.25) is 5.91 Å². The molecule has 8 heteroatoms. The molecule has 0 atom stereocenters. The molecular formula is C24H23N5O2S. The molecule has 1 amide bonds. The third-order valence-corrected chi connectivity index (χ3v) is 5.84. The van der Waals surface area contributed by atoms with Gasteiger partial charge in [-0.05, 0) is 49.1 Å². The number of carbonyl (C=O) groups is 1. The Kier molecular flexibility index (Phi) is 6.61. The van der Waals surface area contributed by atoms with E-state index in [-0.39, 0.29) is 28.4 Å². The summed E-state index contributed by atoms with van der Waals surface area (Å²) in [5, 5.41) is 3.37. The molecule has 0 saturated heterocycles. The predicted molar refractivity (Wildman–Crippen MR) is 127 cm³/mol. The van der Waals surface area contributed by atoms with Gasteiger partial charge in [-0.2, -0.15) is 0 Å². The third kappa shape index (κ3) is 5.20. The van der Waals surface area contributed by atoms with Gasteiger partial charge in [0.25, 0.3) is 5.56 Å². The standard InChI is InChI=1S/C24H23N5O2S/c1-16-12-17(2)14-19(13-16)27-20(30)15-32-24-28-22-21(25-9-10-26-22)23(31)29(24)11-8-18-6-4-3-5-7-18/h3-7,9-10,12-14H,8,11,15H2,1-2H3,(H,27,30). The molecule has 0 aliphatic carbocycles. The minimum absolute atomic E-state index is 0.122. The number of amides is 1. The Bertz CT molecular complexity index is 1300. The quantitative estimate of drug-likeness (QED) is 0.344. The number of rotatable bonds is 7. The van der Waals surface area contributed by atoms with Crippen molar-refractivity contribution in [2.45, 2.75) is 32.0 Å². The molecule has 0 radical (unpaired) electrons. The summed E-state index contributed by atoms with van der Waals surface area (Å²) in [6.07, 6.45) is 3.65. The van der Waals surface area contributed by atoms with E-state index in [1.807, 2.05) is 56.3 Å². The van der Waals surface area contributed by atoms with Crippen molar-refractivity contribution in [2.24, 2.45) is 0 Å². The van der Waals surface area contributed by atoms with E-state index >= 15 is 0 Å². The summed E-state index contributed by atoms with van der Waals surface area (Å²) in [6, 6.07) is 15.8. The molecule has 4 aromatic rings. The molecule has 2 heterocycles. The maximum absolute atomic E-state index is 13.1. The van der Waals surface area contributed by atoms with Crippen LogP contribution in [-0.4, -0.2) is 31.2 Å². The van der Waals surface area contributed by atoms with Crippen molar-refractivity contribution >= 4 is 34.5 Å². The van der Waals surface area contributed by atoms with E-state index in [0.717, 1.165) is 22.4 Å². The van der Waals surface area contributed by atoms with E-state index in [9.17, 15) is 9.59 Å². The van der Waals surface area contributed by atoms with Crippen molar-refractivity contribution in [1.82, 2.24) is 19.5 Å². The Balaban J connectivity index is 1.56. The van der Waals surface area contributed by atoms with Crippen LogP contribution in [0.4, 0.5) is 5.69 Å². The number of fused-ring (bicyclic) bond motifs is 1. The zero-order chi connectivity index (χ0) is 22.5. The van der Waals surface area contributed by atoms with Crippen LogP contribution in [0.25, 0.3) is 11.2 Å². The Morgan fingerprint density at radius 1 is 1.03 bits per heavy atom. The highest BCUT2D eigenvalue weighted by molar-refractivity contribution is 7.99. The van der Waals surface area contributed by atoms with Crippen molar-refractivity contribution in [3.8, 4) is 0 Å². The van der Waals surface area contributed by atoms with E-state index in [2.05, 4.69) is 26.3 Å².